The first-order chi connectivity index (χ1) is 9.11. The normalized spacial score (nSPS) is 28.8. The molecule has 0 saturated carbocycles. The Morgan fingerprint density at radius 1 is 1.37 bits per heavy atom. The lowest BCUT2D eigenvalue weighted by Gasteiger charge is -2.32. The van der Waals surface area contributed by atoms with Crippen molar-refractivity contribution >= 4 is 11.6 Å². The molecular weight excluding hydrogens is 260 g/mol. The second-order valence-electron chi connectivity index (χ2n) is 6.22. The predicted octanol–water partition coefficient (Wildman–Crippen LogP) is 4.11. The molecule has 2 aliphatic heterocycles. The molecule has 1 aromatic carbocycles. The van der Waals surface area contributed by atoms with Gasteiger partial charge in [0.2, 0.25) is 0 Å². The van der Waals surface area contributed by atoms with Crippen LogP contribution in [-0.2, 0) is 11.2 Å². The van der Waals surface area contributed by atoms with Gasteiger partial charge in [-0.2, -0.15) is 0 Å². The van der Waals surface area contributed by atoms with Crippen molar-refractivity contribution in [3.05, 3.63) is 29.3 Å². The van der Waals surface area contributed by atoms with E-state index in [2.05, 4.69) is 32.0 Å². The van der Waals surface area contributed by atoms with Crippen molar-refractivity contribution in [3.63, 3.8) is 0 Å². The first kappa shape index (κ1) is 13.3. The van der Waals surface area contributed by atoms with Crippen molar-refractivity contribution in [3.8, 4) is 5.75 Å². The maximum Gasteiger partial charge on any atom is 0.129 e. The number of para-hydroxylation sites is 1. The summed E-state index contributed by atoms with van der Waals surface area (Å²) in [5.41, 5.74) is 2.38. The van der Waals surface area contributed by atoms with E-state index >= 15 is 0 Å². The van der Waals surface area contributed by atoms with Gasteiger partial charge in [-0.3, -0.25) is 0 Å². The molecule has 0 amide bonds. The van der Waals surface area contributed by atoms with Crippen LogP contribution < -0.4 is 4.74 Å². The number of alkyl halides is 1. The molecule has 19 heavy (non-hydrogen) atoms. The summed E-state index contributed by atoms with van der Waals surface area (Å²) in [5.74, 6) is 2.08. The molecule has 3 rings (SSSR count). The first-order valence-corrected chi connectivity index (χ1v) is 7.62. The van der Waals surface area contributed by atoms with Crippen LogP contribution in [0.15, 0.2) is 18.2 Å². The molecule has 2 heterocycles. The molecule has 104 valence electrons. The number of benzene rings is 1. The molecule has 1 fully saturated rings. The summed E-state index contributed by atoms with van der Waals surface area (Å²) in [4.78, 5) is 0. The van der Waals surface area contributed by atoms with Crippen LogP contribution in [0.4, 0.5) is 0 Å². The highest BCUT2D eigenvalue weighted by Crippen LogP contribution is 2.44. The minimum absolute atomic E-state index is 0.0927. The Hall–Kier alpha value is -0.730. The number of hydrogen-bond donors (Lipinski definition) is 0. The van der Waals surface area contributed by atoms with E-state index < -0.39 is 0 Å². The van der Waals surface area contributed by atoms with Gasteiger partial charge in [0, 0.05) is 30.4 Å². The molecule has 0 radical (unpaired) electrons. The summed E-state index contributed by atoms with van der Waals surface area (Å²) in [6, 6.07) is 6.41. The van der Waals surface area contributed by atoms with Gasteiger partial charge in [-0.05, 0) is 32.3 Å². The molecule has 0 aromatic heterocycles. The minimum atomic E-state index is -0.108. The second-order valence-corrected chi connectivity index (χ2v) is 6.53. The van der Waals surface area contributed by atoms with E-state index in [-0.39, 0.29) is 11.7 Å². The third kappa shape index (κ3) is 2.48. The Labute approximate surface area is 120 Å². The third-order valence-electron chi connectivity index (χ3n) is 4.07. The number of rotatable bonds is 2. The highest BCUT2D eigenvalue weighted by molar-refractivity contribution is 6.18. The molecule has 0 bridgehead atoms. The van der Waals surface area contributed by atoms with Crippen LogP contribution in [0.25, 0.3) is 0 Å². The summed E-state index contributed by atoms with van der Waals surface area (Å²) >= 11 is 6.11. The lowest BCUT2D eigenvalue weighted by molar-refractivity contribution is -0.0230. The number of ether oxygens (including phenoxy) is 2. The molecule has 1 saturated heterocycles. The minimum Gasteiger partial charge on any atom is -0.487 e. The molecule has 2 atom stereocenters. The van der Waals surface area contributed by atoms with Crippen LogP contribution in [0.1, 0.15) is 43.9 Å². The maximum atomic E-state index is 6.15. The molecule has 3 heteroatoms. The largest absolute Gasteiger partial charge is 0.487 e. The molecule has 2 aliphatic rings. The quantitative estimate of drug-likeness (QED) is 0.759. The van der Waals surface area contributed by atoms with Crippen molar-refractivity contribution in [1.29, 1.82) is 0 Å². The summed E-state index contributed by atoms with van der Waals surface area (Å²) in [5, 5.41) is 0. The maximum absolute atomic E-state index is 6.15. The summed E-state index contributed by atoms with van der Waals surface area (Å²) in [7, 11) is 0. The number of fused-ring (bicyclic) bond motifs is 1. The van der Waals surface area contributed by atoms with Gasteiger partial charge in [0.25, 0.3) is 0 Å². The average molecular weight is 281 g/mol. The fourth-order valence-corrected chi connectivity index (χ4v) is 3.52. The average Bonchev–Trinajstić information content (AvgIpc) is 2.72. The van der Waals surface area contributed by atoms with E-state index in [1.165, 1.54) is 11.1 Å². The zero-order valence-electron chi connectivity index (χ0n) is 11.6. The Morgan fingerprint density at radius 3 is 3.00 bits per heavy atom. The number of halogens is 1. The lowest BCUT2D eigenvalue weighted by Crippen LogP contribution is -2.26. The fourth-order valence-electron chi connectivity index (χ4n) is 3.21. The van der Waals surface area contributed by atoms with Crippen molar-refractivity contribution in [1.82, 2.24) is 0 Å². The van der Waals surface area contributed by atoms with Crippen LogP contribution in [0.3, 0.4) is 0 Å². The van der Waals surface area contributed by atoms with Gasteiger partial charge >= 0.3 is 0 Å². The first-order valence-electron chi connectivity index (χ1n) is 7.09. The Morgan fingerprint density at radius 2 is 2.21 bits per heavy atom. The van der Waals surface area contributed by atoms with Crippen molar-refractivity contribution in [2.75, 3.05) is 12.5 Å². The fraction of sp³-hybridized carbons (Fsp3) is 0.625. The van der Waals surface area contributed by atoms with E-state index in [9.17, 15) is 0 Å². The van der Waals surface area contributed by atoms with Gasteiger partial charge in [-0.25, -0.2) is 0 Å². The molecule has 2 nitrogen and oxygen atoms in total. The van der Waals surface area contributed by atoms with Crippen LogP contribution in [0.5, 0.6) is 5.75 Å². The van der Waals surface area contributed by atoms with E-state index in [0.717, 1.165) is 31.6 Å². The molecule has 0 N–H and O–H groups in total. The highest BCUT2D eigenvalue weighted by atomic mass is 35.5. The van der Waals surface area contributed by atoms with Crippen molar-refractivity contribution in [2.24, 2.45) is 5.92 Å². The Bertz CT molecular complexity index is 470. The van der Waals surface area contributed by atoms with E-state index in [4.69, 9.17) is 21.1 Å². The van der Waals surface area contributed by atoms with E-state index in [1.807, 2.05) is 0 Å². The van der Waals surface area contributed by atoms with Crippen molar-refractivity contribution in [2.45, 2.75) is 44.8 Å². The van der Waals surface area contributed by atoms with Gasteiger partial charge in [0.05, 0.1) is 6.10 Å². The summed E-state index contributed by atoms with van der Waals surface area (Å²) in [6.45, 7) is 5.10. The standard InChI is InChI=1S/C16H21ClO2/c1-16(2)9-11-5-3-7-13(15(11)19-16)14-12(10-17)6-4-8-18-14/h3,5,7,12,14H,4,6,8-10H2,1-2H3. The Kier molecular flexibility index (Phi) is 3.48. The topological polar surface area (TPSA) is 18.5 Å². The van der Waals surface area contributed by atoms with Gasteiger partial charge in [0.15, 0.2) is 0 Å². The van der Waals surface area contributed by atoms with Crippen LogP contribution in [0.2, 0.25) is 0 Å². The molecular formula is C16H21ClO2. The monoisotopic (exact) mass is 280 g/mol. The molecule has 1 aromatic rings. The molecule has 2 unspecified atom stereocenters. The summed E-state index contributed by atoms with van der Waals surface area (Å²) < 4.78 is 12.1. The Balaban J connectivity index is 1.96. The van der Waals surface area contributed by atoms with Gasteiger partial charge in [-0.1, -0.05) is 18.2 Å². The van der Waals surface area contributed by atoms with Gasteiger partial charge in [0.1, 0.15) is 11.4 Å². The van der Waals surface area contributed by atoms with Crippen LogP contribution in [0, 0.1) is 5.92 Å². The summed E-state index contributed by atoms with van der Waals surface area (Å²) in [6.07, 6.45) is 3.31. The third-order valence-corrected chi connectivity index (χ3v) is 4.47. The van der Waals surface area contributed by atoms with E-state index in [1.54, 1.807) is 0 Å². The second kappa shape index (κ2) is 4.99. The lowest BCUT2D eigenvalue weighted by atomic mass is 9.89. The molecule has 0 spiro atoms. The zero-order chi connectivity index (χ0) is 13.5. The highest BCUT2D eigenvalue weighted by Gasteiger charge is 2.36. The predicted molar refractivity (Wildman–Crippen MR) is 77.0 cm³/mol. The van der Waals surface area contributed by atoms with Crippen molar-refractivity contribution < 1.29 is 9.47 Å². The zero-order valence-corrected chi connectivity index (χ0v) is 12.4. The van der Waals surface area contributed by atoms with Gasteiger partial charge < -0.3 is 9.47 Å². The molecule has 0 aliphatic carbocycles. The smallest absolute Gasteiger partial charge is 0.129 e. The number of hydrogen-bond acceptors (Lipinski definition) is 2. The van der Waals surface area contributed by atoms with E-state index in [0.29, 0.717) is 11.8 Å². The van der Waals surface area contributed by atoms with Crippen LogP contribution >= 0.6 is 11.6 Å². The van der Waals surface area contributed by atoms with Crippen LogP contribution in [-0.4, -0.2) is 18.1 Å². The van der Waals surface area contributed by atoms with Gasteiger partial charge in [-0.15, -0.1) is 11.6 Å². The SMILES string of the molecule is CC1(C)Cc2cccc(C3OCCCC3CCl)c2O1.